The van der Waals surface area contributed by atoms with Crippen LogP contribution in [0.1, 0.15) is 0 Å². The Kier molecular flexibility index (Phi) is 32.2. The fourth-order valence-electron chi connectivity index (χ4n) is 0. The second kappa shape index (κ2) is 15.7. The van der Waals surface area contributed by atoms with Gasteiger partial charge in [-0.3, -0.25) is 25.3 Å². The maximum absolute atomic E-state index is 8.52. The van der Waals surface area contributed by atoms with Crippen LogP contribution >= 0.6 is 0 Å². The monoisotopic (exact) mass is 410 g/mol. The normalized spacial score (nSPS) is 9.67. The number of hydrogen-bond acceptors (Lipinski definition) is 12. The summed E-state index contributed by atoms with van der Waals surface area (Å²) in [6, 6.07) is 0. The fourth-order valence-corrected chi connectivity index (χ4v) is 0. The van der Waals surface area contributed by atoms with E-state index in [4.69, 9.17) is 52.6 Å². The van der Waals surface area contributed by atoms with E-state index in [1.54, 1.807) is 0 Å². The Morgan fingerprint density at radius 3 is 0.500 bits per heavy atom. The van der Waals surface area contributed by atoms with Crippen LogP contribution in [-0.4, -0.2) is 69.9 Å². The van der Waals surface area contributed by atoms with Gasteiger partial charge in [0.2, 0.25) is 0 Å². The summed E-state index contributed by atoms with van der Waals surface area (Å²) in [6.07, 6.45) is 0. The third-order valence-corrected chi connectivity index (χ3v) is 0. The van der Waals surface area contributed by atoms with E-state index in [0.717, 1.165) is 0 Å². The average molecular weight is 410 g/mol. The van der Waals surface area contributed by atoms with Gasteiger partial charge < -0.3 is 27.3 Å². The van der Waals surface area contributed by atoms with E-state index in [-0.39, 0.29) is 85.8 Å². The van der Waals surface area contributed by atoms with Crippen molar-refractivity contribution >= 4 is 48.6 Å². The molecule has 0 aliphatic carbocycles. The van der Waals surface area contributed by atoms with Gasteiger partial charge in [0.05, 0.1) is 0 Å². The Bertz CT molecular complexity index is 348. The van der Waals surface area contributed by atoms with Crippen LogP contribution in [-0.2, 0) is 48.3 Å². The maximum atomic E-state index is 8.52. The summed E-state index contributed by atoms with van der Waals surface area (Å²) in [5.41, 5.74) is 0. The van der Waals surface area contributed by atoms with Gasteiger partial charge in [-0.15, -0.1) is 0 Å². The molecule has 0 aliphatic heterocycles. The molecule has 0 atom stereocenters. The maximum Gasteiger partial charge on any atom is 3.00 e. The summed E-state index contributed by atoms with van der Waals surface area (Å²) in [5.74, 6) is 0. The SMILES string of the molecule is O=S(=O)([O-])[O-].O=S(=O)([O-])[O-].O=S(=O)([O-])[O-].[Al+3].[Fe+2].[K+]. The van der Waals surface area contributed by atoms with Crippen LogP contribution < -0.4 is 51.4 Å². The van der Waals surface area contributed by atoms with Crippen molar-refractivity contribution in [2.45, 2.75) is 0 Å². The largest absolute Gasteiger partial charge is 3.00 e. The Morgan fingerprint density at radius 1 is 0.500 bits per heavy atom. The molecule has 0 aliphatic rings. The molecule has 18 heteroatoms. The Balaban J connectivity index is -0.0000000277. The molecule has 102 valence electrons. The van der Waals surface area contributed by atoms with E-state index in [2.05, 4.69) is 0 Å². The minimum Gasteiger partial charge on any atom is -0.759 e. The number of rotatable bonds is 0. The van der Waals surface area contributed by atoms with Gasteiger partial charge in [0.15, 0.2) is 0 Å². The van der Waals surface area contributed by atoms with Crippen LogP contribution in [0.5, 0.6) is 0 Å². The molecule has 0 unspecified atom stereocenters. The molecule has 0 aromatic heterocycles. The quantitative estimate of drug-likeness (QED) is 0.205. The summed E-state index contributed by atoms with van der Waals surface area (Å²) in [7, 11) is -15.5. The second-order valence-corrected chi connectivity index (χ2v) is 3.67. The summed E-state index contributed by atoms with van der Waals surface area (Å²) in [5, 5.41) is 0. The van der Waals surface area contributed by atoms with Crippen molar-refractivity contribution < 1.29 is 121 Å². The van der Waals surface area contributed by atoms with Crippen LogP contribution in [0.15, 0.2) is 0 Å². The smallest absolute Gasteiger partial charge is 0.759 e. The first-order valence-corrected chi connectivity index (χ1v) is 6.00. The first-order valence-electron chi connectivity index (χ1n) is 2.00. The third-order valence-electron chi connectivity index (χ3n) is 0. The molecule has 12 nitrogen and oxygen atoms in total. The van der Waals surface area contributed by atoms with Crippen LogP contribution in [0.25, 0.3) is 0 Å². The Morgan fingerprint density at radius 2 is 0.500 bits per heavy atom. The van der Waals surface area contributed by atoms with Crippen LogP contribution in [0.2, 0.25) is 0 Å². The van der Waals surface area contributed by atoms with E-state index in [0.29, 0.717) is 0 Å². The van der Waals surface area contributed by atoms with Crippen molar-refractivity contribution in [2.24, 2.45) is 0 Å². The van der Waals surface area contributed by atoms with E-state index < -0.39 is 31.2 Å². The third kappa shape index (κ3) is 1040. The standard InChI is InChI=1S/Al.Fe.K.3H2O4S/c;;;3*1-5(2,3)4/h;;;3*(H2,1,2,3,4)/q+3;+2;+1;;;/p-6. The Labute approximate surface area is 167 Å². The van der Waals surface area contributed by atoms with Crippen molar-refractivity contribution in [1.29, 1.82) is 0 Å². The molecule has 0 saturated carbocycles. The van der Waals surface area contributed by atoms with Gasteiger partial charge in [-0.1, -0.05) is 0 Å². The zero-order chi connectivity index (χ0) is 13.5. The molecular weight excluding hydrogens is 410 g/mol. The fraction of sp³-hybridized carbons (Fsp3) is 0. The molecule has 0 aromatic rings. The van der Waals surface area contributed by atoms with Crippen molar-refractivity contribution in [2.75, 3.05) is 0 Å². The molecule has 0 radical (unpaired) electrons. The van der Waals surface area contributed by atoms with Crippen molar-refractivity contribution in [3.8, 4) is 0 Å². The first-order chi connectivity index (χ1) is 6.00. The topological polar surface area (TPSA) is 241 Å². The summed E-state index contributed by atoms with van der Waals surface area (Å²) in [4.78, 5) is 0. The minimum atomic E-state index is -5.17. The van der Waals surface area contributed by atoms with Gasteiger partial charge in [0.1, 0.15) is 0 Å². The van der Waals surface area contributed by atoms with E-state index >= 15 is 0 Å². The van der Waals surface area contributed by atoms with E-state index in [1.807, 2.05) is 0 Å². The summed E-state index contributed by atoms with van der Waals surface area (Å²) < 4.78 is 102. The van der Waals surface area contributed by atoms with Gasteiger partial charge in [0.25, 0.3) is 0 Å². The molecular formula is AlFeKO12S3. The zero-order valence-electron chi connectivity index (χ0n) is 8.05. The molecule has 0 amide bonds. The molecule has 0 rings (SSSR count). The molecule has 0 bridgehead atoms. The zero-order valence-corrected chi connectivity index (χ0v) is 15.9. The molecule has 18 heavy (non-hydrogen) atoms. The first kappa shape index (κ1) is 37.0. The van der Waals surface area contributed by atoms with Gasteiger partial charge in [-0.2, -0.15) is 0 Å². The van der Waals surface area contributed by atoms with Crippen LogP contribution in [0, 0.1) is 0 Å². The van der Waals surface area contributed by atoms with Crippen LogP contribution in [0.4, 0.5) is 0 Å². The predicted molar refractivity (Wildman–Crippen MR) is 37.2 cm³/mol. The van der Waals surface area contributed by atoms with Gasteiger partial charge in [-0.05, 0) is 0 Å². The van der Waals surface area contributed by atoms with Crippen molar-refractivity contribution in [3.63, 3.8) is 0 Å². The van der Waals surface area contributed by atoms with Gasteiger partial charge >= 0.3 is 85.8 Å². The molecule has 0 aromatic carbocycles. The summed E-state index contributed by atoms with van der Waals surface area (Å²) >= 11 is 0. The molecule has 0 saturated heterocycles. The number of hydrogen-bond donors (Lipinski definition) is 0. The van der Waals surface area contributed by atoms with Gasteiger partial charge in [0, 0.05) is 31.2 Å². The van der Waals surface area contributed by atoms with Crippen molar-refractivity contribution in [1.82, 2.24) is 0 Å². The van der Waals surface area contributed by atoms with E-state index in [1.165, 1.54) is 0 Å². The molecule has 0 fully saturated rings. The molecule has 0 spiro atoms. The molecule has 0 heterocycles. The van der Waals surface area contributed by atoms with E-state index in [9.17, 15) is 0 Å². The molecule has 0 N–H and O–H groups in total. The Hall–Kier alpha value is 2.30. The van der Waals surface area contributed by atoms with Crippen molar-refractivity contribution in [3.05, 3.63) is 0 Å². The minimum absolute atomic E-state index is 0. The average Bonchev–Trinajstić information content (AvgIpc) is 1.41. The summed E-state index contributed by atoms with van der Waals surface area (Å²) in [6.45, 7) is 0. The second-order valence-electron chi connectivity index (χ2n) is 1.22. The van der Waals surface area contributed by atoms with Crippen LogP contribution in [0.3, 0.4) is 0 Å². The van der Waals surface area contributed by atoms with Gasteiger partial charge in [-0.25, -0.2) is 0 Å². The predicted octanol–water partition coefficient (Wildman–Crippen LogP) is -7.39.